The van der Waals surface area contributed by atoms with Crippen LogP contribution in [0.25, 0.3) is 0 Å². The summed E-state index contributed by atoms with van der Waals surface area (Å²) in [6, 6.07) is 10.5. The maximum Gasteiger partial charge on any atom is 0.573 e. The van der Waals surface area contributed by atoms with Gasteiger partial charge in [0.05, 0.1) is 11.3 Å². The van der Waals surface area contributed by atoms with Gasteiger partial charge in [-0.15, -0.1) is 13.2 Å². The minimum atomic E-state index is -4.97. The lowest BCUT2D eigenvalue weighted by Crippen LogP contribution is -2.37. The number of phenols is 2. The number of aromatic hydroxyl groups is 2. The lowest BCUT2D eigenvalue weighted by atomic mass is 9.70. The molecule has 4 rings (SSSR count). The Morgan fingerprint density at radius 1 is 0.829 bits per heavy atom. The number of carbonyl (C=O) groups excluding carboxylic acids is 1. The number of rotatable bonds is 3. The highest BCUT2D eigenvalue weighted by Crippen LogP contribution is 2.52. The van der Waals surface area contributed by atoms with Crippen molar-refractivity contribution in [2.45, 2.75) is 31.8 Å². The summed E-state index contributed by atoms with van der Waals surface area (Å²) < 4.78 is 82.3. The number of phenolic OH excluding ortho intramolecular Hbond substituents is 2. The molecule has 3 aromatic carbocycles. The lowest BCUT2D eigenvalue weighted by Gasteiger charge is -2.29. The molecule has 0 spiro atoms. The molecule has 0 aromatic heterocycles. The molecular formula is C24H19F6NO4. The summed E-state index contributed by atoms with van der Waals surface area (Å²) in [5.41, 5.74) is -3.74. The molecule has 3 aromatic rings. The number of alkyl halides is 6. The second-order valence-electron chi connectivity index (χ2n) is 7.21. The Kier molecular flexibility index (Phi) is 6.65. The van der Waals surface area contributed by atoms with Gasteiger partial charge in [0.1, 0.15) is 11.2 Å². The maximum absolute atomic E-state index is 13.6. The smallest absolute Gasteiger partial charge is 0.504 e. The van der Waals surface area contributed by atoms with Gasteiger partial charge in [-0.2, -0.15) is 13.2 Å². The summed E-state index contributed by atoms with van der Waals surface area (Å²) in [6.07, 6.45) is -9.78. The number of fused-ring (bicyclic) bond motifs is 1. The molecule has 0 fully saturated rings. The van der Waals surface area contributed by atoms with Crippen molar-refractivity contribution in [1.82, 2.24) is 0 Å². The molecule has 0 bridgehead atoms. The quantitative estimate of drug-likeness (QED) is 0.291. The van der Waals surface area contributed by atoms with Gasteiger partial charge in [0.15, 0.2) is 11.5 Å². The molecule has 1 aliphatic rings. The highest BCUT2D eigenvalue weighted by atomic mass is 19.4. The fraction of sp³-hybridized carbons (Fsp3) is 0.208. The number of hydrogen-bond acceptors (Lipinski definition) is 4. The predicted octanol–water partition coefficient (Wildman–Crippen LogP) is 6.33. The third kappa shape index (κ3) is 4.58. The third-order valence-electron chi connectivity index (χ3n) is 5.28. The van der Waals surface area contributed by atoms with Gasteiger partial charge in [-0.25, -0.2) is 0 Å². The van der Waals surface area contributed by atoms with E-state index in [2.05, 4.69) is 10.1 Å². The summed E-state index contributed by atoms with van der Waals surface area (Å²) >= 11 is 0. The van der Waals surface area contributed by atoms with Crippen LogP contribution in [0.2, 0.25) is 0 Å². The Morgan fingerprint density at radius 3 is 1.97 bits per heavy atom. The number of amides is 1. The first-order chi connectivity index (χ1) is 16.3. The Morgan fingerprint density at radius 2 is 1.43 bits per heavy atom. The molecule has 186 valence electrons. The van der Waals surface area contributed by atoms with Gasteiger partial charge in [0.2, 0.25) is 5.91 Å². The van der Waals surface area contributed by atoms with Gasteiger partial charge in [-0.05, 0) is 41.5 Å². The molecule has 0 saturated heterocycles. The van der Waals surface area contributed by atoms with E-state index in [0.29, 0.717) is 0 Å². The highest BCUT2D eigenvalue weighted by Gasteiger charge is 2.52. The van der Waals surface area contributed by atoms with Crippen LogP contribution in [0.3, 0.4) is 0 Å². The monoisotopic (exact) mass is 499 g/mol. The van der Waals surface area contributed by atoms with E-state index in [0.717, 1.165) is 48.5 Å². The molecule has 0 aliphatic carbocycles. The Labute approximate surface area is 195 Å². The molecule has 1 amide bonds. The third-order valence-corrected chi connectivity index (χ3v) is 5.28. The van der Waals surface area contributed by atoms with Crippen LogP contribution in [0.1, 0.15) is 36.1 Å². The molecule has 1 heterocycles. The zero-order valence-electron chi connectivity index (χ0n) is 18.3. The highest BCUT2D eigenvalue weighted by molar-refractivity contribution is 6.12. The molecular weight excluding hydrogens is 480 g/mol. The van der Waals surface area contributed by atoms with E-state index >= 15 is 0 Å². The van der Waals surface area contributed by atoms with Gasteiger partial charge < -0.3 is 20.3 Å². The number of nitrogens with one attached hydrogen (secondary N) is 1. The van der Waals surface area contributed by atoms with Crippen molar-refractivity contribution in [3.8, 4) is 17.2 Å². The van der Waals surface area contributed by atoms with Crippen molar-refractivity contribution >= 4 is 11.6 Å². The van der Waals surface area contributed by atoms with Crippen LogP contribution in [-0.4, -0.2) is 22.5 Å². The van der Waals surface area contributed by atoms with Crippen LogP contribution >= 0.6 is 0 Å². The molecule has 35 heavy (non-hydrogen) atoms. The molecule has 1 unspecified atom stereocenters. The number of hydrogen-bond donors (Lipinski definition) is 3. The fourth-order valence-corrected chi connectivity index (χ4v) is 3.97. The van der Waals surface area contributed by atoms with E-state index in [-0.39, 0.29) is 16.7 Å². The van der Waals surface area contributed by atoms with Crippen LogP contribution in [-0.2, 0) is 16.4 Å². The topological polar surface area (TPSA) is 78.8 Å². The second-order valence-corrected chi connectivity index (χ2v) is 7.21. The first-order valence-electron chi connectivity index (χ1n) is 10.2. The van der Waals surface area contributed by atoms with Gasteiger partial charge in [-0.1, -0.05) is 44.2 Å². The van der Waals surface area contributed by atoms with Crippen LogP contribution < -0.4 is 10.1 Å². The molecule has 11 heteroatoms. The van der Waals surface area contributed by atoms with Crippen molar-refractivity contribution < 1.29 is 46.1 Å². The summed E-state index contributed by atoms with van der Waals surface area (Å²) in [5, 5.41) is 21.9. The Bertz CT molecular complexity index is 1240. The van der Waals surface area contributed by atoms with Crippen LogP contribution in [0.4, 0.5) is 32.0 Å². The summed E-state index contributed by atoms with van der Waals surface area (Å²) in [4.78, 5) is 13.3. The van der Waals surface area contributed by atoms with Crippen LogP contribution in [0.15, 0.2) is 60.7 Å². The normalized spacial score (nSPS) is 17.2. The van der Waals surface area contributed by atoms with Gasteiger partial charge in [-0.3, -0.25) is 4.79 Å². The summed E-state index contributed by atoms with van der Waals surface area (Å²) in [5.74, 6) is -2.70. The number of carbonyl (C=O) groups is 1. The molecule has 0 saturated carbocycles. The molecule has 1 atom stereocenters. The van der Waals surface area contributed by atoms with Gasteiger partial charge in [0, 0.05) is 5.56 Å². The fourth-order valence-electron chi connectivity index (χ4n) is 3.97. The standard InChI is InChI=1S/C22H13F6NO4.C2H6/c23-21(24,25)15-3-1-2-14-18(15)29-19(32)20(14,12-6-9-16(30)17(31)10-12)11-4-7-13(8-5-11)33-22(26,27)28;1-2/h1-10,30-31H,(H,29,32);1-2H3. The first-order valence-corrected chi connectivity index (χ1v) is 10.2. The van der Waals surface area contributed by atoms with Crippen molar-refractivity contribution in [2.24, 2.45) is 0 Å². The van der Waals surface area contributed by atoms with Gasteiger partial charge in [0.25, 0.3) is 0 Å². The maximum atomic E-state index is 13.6. The Hall–Kier alpha value is -3.89. The average Bonchev–Trinajstić information content (AvgIpc) is 3.08. The number of halogens is 6. The van der Waals surface area contributed by atoms with Crippen molar-refractivity contribution in [3.05, 3.63) is 82.9 Å². The minimum absolute atomic E-state index is 0.0117. The minimum Gasteiger partial charge on any atom is -0.504 e. The van der Waals surface area contributed by atoms with E-state index in [1.807, 2.05) is 13.8 Å². The number of anilines is 1. The molecule has 3 N–H and O–H groups in total. The van der Waals surface area contributed by atoms with Crippen LogP contribution in [0.5, 0.6) is 17.2 Å². The van der Waals surface area contributed by atoms with Crippen molar-refractivity contribution in [3.63, 3.8) is 0 Å². The number of para-hydroxylation sites is 1. The largest absolute Gasteiger partial charge is 0.573 e. The van der Waals surface area contributed by atoms with Crippen LogP contribution in [0, 0.1) is 0 Å². The van der Waals surface area contributed by atoms with E-state index in [9.17, 15) is 41.4 Å². The number of ether oxygens (including phenoxy) is 1. The van der Waals surface area contributed by atoms with E-state index in [1.54, 1.807) is 0 Å². The van der Waals surface area contributed by atoms with E-state index < -0.39 is 52.4 Å². The van der Waals surface area contributed by atoms with Crippen molar-refractivity contribution in [1.29, 1.82) is 0 Å². The molecule has 5 nitrogen and oxygen atoms in total. The zero-order chi connectivity index (χ0) is 26.2. The Balaban J connectivity index is 0.00000167. The van der Waals surface area contributed by atoms with E-state index in [1.165, 1.54) is 12.1 Å². The first kappa shape index (κ1) is 25.7. The predicted molar refractivity (Wildman–Crippen MR) is 114 cm³/mol. The van der Waals surface area contributed by atoms with E-state index in [4.69, 9.17) is 0 Å². The molecule has 1 aliphatic heterocycles. The second kappa shape index (κ2) is 9.05. The molecule has 0 radical (unpaired) electrons. The SMILES string of the molecule is CC.O=C1Nc2c(C(F)(F)F)cccc2C1(c1ccc(OC(F)(F)F)cc1)c1ccc(O)c(O)c1. The summed E-state index contributed by atoms with van der Waals surface area (Å²) in [7, 11) is 0. The number of benzene rings is 3. The zero-order valence-corrected chi connectivity index (χ0v) is 18.3. The lowest BCUT2D eigenvalue weighted by molar-refractivity contribution is -0.274. The summed E-state index contributed by atoms with van der Waals surface area (Å²) in [6.45, 7) is 4.00. The average molecular weight is 499 g/mol. The van der Waals surface area contributed by atoms with Gasteiger partial charge >= 0.3 is 12.5 Å². The van der Waals surface area contributed by atoms with Crippen molar-refractivity contribution in [2.75, 3.05) is 5.32 Å².